The van der Waals surface area contributed by atoms with Crippen LogP contribution in [-0.2, 0) is 5.41 Å². The predicted molar refractivity (Wildman–Crippen MR) is 117 cm³/mol. The summed E-state index contributed by atoms with van der Waals surface area (Å²) in [6, 6.07) is 19.0. The second-order valence-corrected chi connectivity index (χ2v) is 7.73. The second kappa shape index (κ2) is 7.33. The van der Waals surface area contributed by atoms with Crippen LogP contribution in [0.5, 0.6) is 0 Å². The number of hydrogen-bond acceptors (Lipinski definition) is 0. The molecule has 0 saturated heterocycles. The van der Waals surface area contributed by atoms with Crippen molar-refractivity contribution in [1.82, 2.24) is 0 Å². The summed E-state index contributed by atoms with van der Waals surface area (Å²) in [7, 11) is 0. The third-order valence-corrected chi connectivity index (χ3v) is 5.28. The SMILES string of the molecule is C=C(C)c1ccccc1.CC1=CC=C2C(=CC1)C(C)(C)c1ccccc12.[HH]. The van der Waals surface area contributed by atoms with Crippen molar-refractivity contribution in [3.8, 4) is 0 Å². The van der Waals surface area contributed by atoms with E-state index in [1.807, 2.05) is 25.1 Å². The molecule has 0 radical (unpaired) electrons. The van der Waals surface area contributed by atoms with Crippen LogP contribution >= 0.6 is 0 Å². The minimum Gasteiger partial charge on any atom is -0.0955 e. The number of allylic oxidation sites excluding steroid dienone is 7. The lowest BCUT2D eigenvalue weighted by atomic mass is 9.82. The quantitative estimate of drug-likeness (QED) is 0.500. The molecule has 26 heavy (non-hydrogen) atoms. The molecule has 0 unspecified atom stereocenters. The average molecular weight is 343 g/mol. The highest BCUT2D eigenvalue weighted by atomic mass is 14.4. The Morgan fingerprint density at radius 2 is 1.62 bits per heavy atom. The van der Waals surface area contributed by atoms with Crippen molar-refractivity contribution in [1.29, 1.82) is 0 Å². The van der Waals surface area contributed by atoms with Crippen molar-refractivity contribution < 1.29 is 1.43 Å². The van der Waals surface area contributed by atoms with Crippen LogP contribution in [0.4, 0.5) is 0 Å². The van der Waals surface area contributed by atoms with E-state index in [0.717, 1.165) is 12.0 Å². The molecule has 0 N–H and O–H groups in total. The third-order valence-electron chi connectivity index (χ3n) is 5.28. The van der Waals surface area contributed by atoms with Gasteiger partial charge < -0.3 is 0 Å². The van der Waals surface area contributed by atoms with Crippen molar-refractivity contribution in [3.63, 3.8) is 0 Å². The van der Waals surface area contributed by atoms with E-state index in [0.29, 0.717) is 0 Å². The molecule has 2 aliphatic rings. The molecule has 0 aromatic heterocycles. The first kappa shape index (κ1) is 18.2. The summed E-state index contributed by atoms with van der Waals surface area (Å²) < 4.78 is 0. The molecule has 0 spiro atoms. The molecule has 0 saturated carbocycles. The molecule has 0 heterocycles. The van der Waals surface area contributed by atoms with Crippen LogP contribution in [0.3, 0.4) is 0 Å². The van der Waals surface area contributed by atoms with Crippen LogP contribution in [0.25, 0.3) is 11.1 Å². The minimum absolute atomic E-state index is 0. The summed E-state index contributed by atoms with van der Waals surface area (Å²) in [6.07, 6.45) is 8.04. The summed E-state index contributed by atoms with van der Waals surface area (Å²) in [5.41, 5.74) is 9.72. The lowest BCUT2D eigenvalue weighted by molar-refractivity contribution is 0.658. The largest absolute Gasteiger partial charge is 0.0955 e. The van der Waals surface area contributed by atoms with E-state index in [-0.39, 0.29) is 6.84 Å². The Bertz CT molecular complexity index is 908. The molecule has 0 amide bonds. The van der Waals surface area contributed by atoms with Gasteiger partial charge in [0, 0.05) is 6.84 Å². The van der Waals surface area contributed by atoms with Gasteiger partial charge in [-0.15, -0.1) is 0 Å². The number of rotatable bonds is 1. The van der Waals surface area contributed by atoms with Crippen LogP contribution in [0.1, 0.15) is 52.2 Å². The summed E-state index contributed by atoms with van der Waals surface area (Å²) in [5, 5.41) is 0. The van der Waals surface area contributed by atoms with Crippen molar-refractivity contribution in [2.45, 2.75) is 39.5 Å². The van der Waals surface area contributed by atoms with Crippen LogP contribution in [-0.4, -0.2) is 0 Å². The van der Waals surface area contributed by atoms with Crippen LogP contribution in [0, 0.1) is 0 Å². The van der Waals surface area contributed by atoms with Crippen molar-refractivity contribution in [3.05, 3.63) is 107 Å². The number of hydrogen-bond donors (Lipinski definition) is 0. The number of benzene rings is 2. The van der Waals surface area contributed by atoms with E-state index in [1.165, 1.54) is 33.4 Å². The molecule has 2 aromatic rings. The molecule has 2 aromatic carbocycles. The maximum atomic E-state index is 3.83. The summed E-state index contributed by atoms with van der Waals surface area (Å²) in [4.78, 5) is 0. The van der Waals surface area contributed by atoms with E-state index in [1.54, 1.807) is 0 Å². The Hall–Kier alpha value is -2.60. The Morgan fingerprint density at radius 1 is 0.962 bits per heavy atom. The van der Waals surface area contributed by atoms with E-state index in [9.17, 15) is 0 Å². The van der Waals surface area contributed by atoms with Gasteiger partial charge in [0.15, 0.2) is 0 Å². The maximum Gasteiger partial charge on any atom is 0.0155 e. The normalized spacial score (nSPS) is 16.7. The topological polar surface area (TPSA) is 0 Å². The fourth-order valence-corrected chi connectivity index (χ4v) is 3.71. The summed E-state index contributed by atoms with van der Waals surface area (Å²) in [6.45, 7) is 12.7. The van der Waals surface area contributed by atoms with Crippen molar-refractivity contribution in [2.75, 3.05) is 0 Å². The molecule has 0 heteroatoms. The van der Waals surface area contributed by atoms with Crippen LogP contribution in [0.2, 0.25) is 0 Å². The monoisotopic (exact) mass is 342 g/mol. The maximum absolute atomic E-state index is 3.83. The lowest BCUT2D eigenvalue weighted by Crippen LogP contribution is -2.14. The van der Waals surface area contributed by atoms with Gasteiger partial charge in [0.25, 0.3) is 0 Å². The summed E-state index contributed by atoms with van der Waals surface area (Å²) in [5.74, 6) is 0. The summed E-state index contributed by atoms with van der Waals surface area (Å²) >= 11 is 0. The highest BCUT2D eigenvalue weighted by Crippen LogP contribution is 2.50. The highest BCUT2D eigenvalue weighted by molar-refractivity contribution is 5.90. The number of fused-ring (bicyclic) bond motifs is 3. The van der Waals surface area contributed by atoms with Crippen molar-refractivity contribution >= 4 is 11.1 Å². The van der Waals surface area contributed by atoms with Gasteiger partial charge in [-0.1, -0.05) is 104 Å². The molecular weight excluding hydrogens is 312 g/mol. The predicted octanol–water partition coefficient (Wildman–Crippen LogP) is 7.60. The van der Waals surface area contributed by atoms with Gasteiger partial charge in [0.05, 0.1) is 0 Å². The van der Waals surface area contributed by atoms with Gasteiger partial charge in [0.1, 0.15) is 0 Å². The van der Waals surface area contributed by atoms with Crippen LogP contribution < -0.4 is 0 Å². The van der Waals surface area contributed by atoms with Gasteiger partial charge in [0.2, 0.25) is 0 Å². The molecule has 2 aliphatic carbocycles. The average Bonchev–Trinajstić information content (AvgIpc) is 2.76. The van der Waals surface area contributed by atoms with Gasteiger partial charge in [-0.05, 0) is 48.1 Å². The van der Waals surface area contributed by atoms with Crippen LogP contribution in [0.15, 0.2) is 90.6 Å². The van der Waals surface area contributed by atoms with E-state index in [4.69, 9.17) is 0 Å². The first-order valence-electron chi connectivity index (χ1n) is 9.30. The molecule has 134 valence electrons. The zero-order valence-corrected chi connectivity index (χ0v) is 16.3. The molecule has 0 bridgehead atoms. The molecular formula is C26H30. The zero-order chi connectivity index (χ0) is 18.7. The third kappa shape index (κ3) is 3.51. The lowest BCUT2D eigenvalue weighted by Gasteiger charge is -2.21. The Labute approximate surface area is 159 Å². The minimum atomic E-state index is 0. The first-order valence-corrected chi connectivity index (χ1v) is 9.30. The fourth-order valence-electron chi connectivity index (χ4n) is 3.71. The van der Waals surface area contributed by atoms with Gasteiger partial charge in [-0.3, -0.25) is 0 Å². The van der Waals surface area contributed by atoms with E-state index < -0.39 is 0 Å². The van der Waals surface area contributed by atoms with Gasteiger partial charge in [-0.25, -0.2) is 0 Å². The Morgan fingerprint density at radius 3 is 2.27 bits per heavy atom. The molecule has 0 nitrogen and oxygen atoms in total. The van der Waals surface area contributed by atoms with Gasteiger partial charge >= 0.3 is 0 Å². The molecule has 0 aliphatic heterocycles. The first-order chi connectivity index (χ1) is 12.4. The molecule has 0 fully saturated rings. The molecule has 4 rings (SSSR count). The Balaban J connectivity index is 0.000000224. The van der Waals surface area contributed by atoms with E-state index >= 15 is 0 Å². The molecule has 0 atom stereocenters. The zero-order valence-electron chi connectivity index (χ0n) is 16.3. The van der Waals surface area contributed by atoms with E-state index in [2.05, 4.69) is 82.0 Å². The smallest absolute Gasteiger partial charge is 0.0155 e. The highest BCUT2D eigenvalue weighted by Gasteiger charge is 2.37. The fraction of sp³-hybridized carbons (Fsp3) is 0.231. The second-order valence-electron chi connectivity index (χ2n) is 7.73. The standard InChI is InChI=1S/C17H18.C9H10.H2/c1-12-8-10-14-13-6-4-5-7-15(13)17(2,3)16(14)11-9-12;1-8(2)9-6-4-3-5-7-9;/h4-8,10-11H,9H2,1-3H3;3-7H,1H2,2H3;1H. The Kier molecular flexibility index (Phi) is 5.13. The van der Waals surface area contributed by atoms with Gasteiger partial charge in [-0.2, -0.15) is 0 Å². The van der Waals surface area contributed by atoms with Crippen molar-refractivity contribution in [2.24, 2.45) is 0 Å².